The van der Waals surface area contributed by atoms with Gasteiger partial charge in [0.2, 0.25) is 0 Å². The highest BCUT2D eigenvalue weighted by molar-refractivity contribution is 5.81. The average molecular weight is 207 g/mol. The van der Waals surface area contributed by atoms with Crippen LogP contribution in [0.4, 0.5) is 5.82 Å². The highest BCUT2D eigenvalue weighted by Gasteiger charge is 2.09. The second kappa shape index (κ2) is 3.72. The minimum Gasteiger partial charge on any atom is -0.463 e. The van der Waals surface area contributed by atoms with Gasteiger partial charge in [-0.3, -0.25) is 0 Å². The smallest absolute Gasteiger partial charge is 0.320 e. The SMILES string of the molecule is CCCOc1nc(N)c2ncn(C)c2n1. The number of ether oxygens (including phenoxy) is 1. The molecule has 15 heavy (non-hydrogen) atoms. The molecule has 0 aliphatic carbocycles. The summed E-state index contributed by atoms with van der Waals surface area (Å²) in [4.78, 5) is 12.3. The molecule has 0 bridgehead atoms. The average Bonchev–Trinajstić information content (AvgIpc) is 2.58. The van der Waals surface area contributed by atoms with Gasteiger partial charge in [-0.25, -0.2) is 4.98 Å². The normalized spacial score (nSPS) is 10.8. The Morgan fingerprint density at radius 2 is 2.27 bits per heavy atom. The number of aryl methyl sites for hydroxylation is 1. The van der Waals surface area contributed by atoms with E-state index in [1.165, 1.54) is 0 Å². The molecule has 0 unspecified atom stereocenters. The van der Waals surface area contributed by atoms with Crippen LogP contribution in [0.5, 0.6) is 6.01 Å². The molecule has 0 spiro atoms. The maximum Gasteiger partial charge on any atom is 0.320 e. The summed E-state index contributed by atoms with van der Waals surface area (Å²) in [5.41, 5.74) is 7.04. The molecule has 2 rings (SSSR count). The number of hydrogen-bond donors (Lipinski definition) is 1. The molecule has 0 atom stereocenters. The van der Waals surface area contributed by atoms with E-state index in [0.717, 1.165) is 6.42 Å². The molecule has 2 aromatic rings. The van der Waals surface area contributed by atoms with E-state index in [1.807, 2.05) is 14.0 Å². The lowest BCUT2D eigenvalue weighted by atomic mass is 10.5. The van der Waals surface area contributed by atoms with Crippen LogP contribution in [-0.2, 0) is 7.05 Å². The summed E-state index contributed by atoms with van der Waals surface area (Å²) in [5, 5.41) is 0. The summed E-state index contributed by atoms with van der Waals surface area (Å²) in [5.74, 6) is 0.353. The largest absolute Gasteiger partial charge is 0.463 e. The van der Waals surface area contributed by atoms with Crippen molar-refractivity contribution in [3.63, 3.8) is 0 Å². The molecule has 0 saturated heterocycles. The molecule has 6 nitrogen and oxygen atoms in total. The zero-order valence-corrected chi connectivity index (χ0v) is 8.77. The van der Waals surface area contributed by atoms with Crippen LogP contribution in [0.2, 0.25) is 0 Å². The quantitative estimate of drug-likeness (QED) is 0.802. The monoisotopic (exact) mass is 207 g/mol. The maximum atomic E-state index is 5.74. The Morgan fingerprint density at radius 3 is 3.00 bits per heavy atom. The Balaban J connectivity index is 2.45. The first-order valence-corrected chi connectivity index (χ1v) is 4.79. The summed E-state index contributed by atoms with van der Waals surface area (Å²) in [6.45, 7) is 2.61. The number of imidazole rings is 1. The molecular weight excluding hydrogens is 194 g/mol. The van der Waals surface area contributed by atoms with E-state index in [-0.39, 0.29) is 0 Å². The van der Waals surface area contributed by atoms with Gasteiger partial charge < -0.3 is 15.0 Å². The third kappa shape index (κ3) is 1.70. The third-order valence-corrected chi connectivity index (χ3v) is 2.00. The van der Waals surface area contributed by atoms with Crippen molar-refractivity contribution in [1.82, 2.24) is 19.5 Å². The van der Waals surface area contributed by atoms with Crippen molar-refractivity contribution in [1.29, 1.82) is 0 Å². The van der Waals surface area contributed by atoms with Gasteiger partial charge in [0.15, 0.2) is 11.5 Å². The maximum absolute atomic E-state index is 5.74. The van der Waals surface area contributed by atoms with Gasteiger partial charge in [-0.15, -0.1) is 0 Å². The molecular formula is C9H13N5O. The number of aromatic nitrogens is 4. The first-order valence-electron chi connectivity index (χ1n) is 4.79. The molecule has 0 fully saturated rings. The molecule has 0 aromatic carbocycles. The minimum atomic E-state index is 0.311. The van der Waals surface area contributed by atoms with Crippen LogP contribution in [0.3, 0.4) is 0 Å². The Hall–Kier alpha value is -1.85. The van der Waals surface area contributed by atoms with E-state index in [0.29, 0.717) is 29.6 Å². The van der Waals surface area contributed by atoms with Crippen LogP contribution in [0.25, 0.3) is 11.2 Å². The van der Waals surface area contributed by atoms with Gasteiger partial charge in [-0.05, 0) is 6.42 Å². The highest BCUT2D eigenvalue weighted by Crippen LogP contribution is 2.18. The standard InChI is InChI=1S/C9H13N5O/c1-3-4-15-9-12-7(10)6-8(13-9)14(2)5-11-6/h5H,3-4H2,1-2H3,(H2,10,12,13). The van der Waals surface area contributed by atoms with Crippen LogP contribution in [0, 0.1) is 0 Å². The van der Waals surface area contributed by atoms with Gasteiger partial charge in [-0.1, -0.05) is 6.92 Å². The molecule has 6 heteroatoms. The Labute approximate surface area is 87.1 Å². The molecule has 2 heterocycles. The van der Waals surface area contributed by atoms with Crippen LogP contribution in [-0.4, -0.2) is 26.1 Å². The van der Waals surface area contributed by atoms with E-state index in [1.54, 1.807) is 10.9 Å². The molecule has 0 amide bonds. The number of hydrogen-bond acceptors (Lipinski definition) is 5. The molecule has 0 aliphatic heterocycles. The second-order valence-electron chi connectivity index (χ2n) is 3.27. The molecule has 80 valence electrons. The third-order valence-electron chi connectivity index (χ3n) is 2.00. The molecule has 0 radical (unpaired) electrons. The van der Waals surface area contributed by atoms with Crippen molar-refractivity contribution in [2.24, 2.45) is 7.05 Å². The van der Waals surface area contributed by atoms with Crippen LogP contribution < -0.4 is 10.5 Å². The molecule has 2 aromatic heterocycles. The minimum absolute atomic E-state index is 0.311. The van der Waals surface area contributed by atoms with Crippen molar-refractivity contribution in [3.05, 3.63) is 6.33 Å². The fraction of sp³-hybridized carbons (Fsp3) is 0.444. The first-order chi connectivity index (χ1) is 7.22. The van der Waals surface area contributed by atoms with Gasteiger partial charge in [0.05, 0.1) is 12.9 Å². The van der Waals surface area contributed by atoms with E-state index < -0.39 is 0 Å². The number of fused-ring (bicyclic) bond motifs is 1. The van der Waals surface area contributed by atoms with Gasteiger partial charge >= 0.3 is 6.01 Å². The zero-order valence-electron chi connectivity index (χ0n) is 8.77. The molecule has 0 aliphatic rings. The van der Waals surface area contributed by atoms with Gasteiger partial charge in [0, 0.05) is 7.05 Å². The first kappa shape index (κ1) is 9.70. The fourth-order valence-electron chi connectivity index (χ4n) is 1.27. The summed E-state index contributed by atoms with van der Waals surface area (Å²) < 4.78 is 7.11. The lowest BCUT2D eigenvalue weighted by Gasteiger charge is -2.03. The lowest BCUT2D eigenvalue weighted by Crippen LogP contribution is -2.03. The fourth-order valence-corrected chi connectivity index (χ4v) is 1.27. The predicted molar refractivity (Wildman–Crippen MR) is 56.5 cm³/mol. The van der Waals surface area contributed by atoms with Crippen molar-refractivity contribution in [2.45, 2.75) is 13.3 Å². The van der Waals surface area contributed by atoms with Gasteiger partial charge in [-0.2, -0.15) is 9.97 Å². The van der Waals surface area contributed by atoms with E-state index in [9.17, 15) is 0 Å². The lowest BCUT2D eigenvalue weighted by molar-refractivity contribution is 0.293. The van der Waals surface area contributed by atoms with Crippen LogP contribution >= 0.6 is 0 Å². The van der Waals surface area contributed by atoms with Crippen LogP contribution in [0.1, 0.15) is 13.3 Å². The topological polar surface area (TPSA) is 78.9 Å². The Morgan fingerprint density at radius 1 is 1.47 bits per heavy atom. The van der Waals surface area contributed by atoms with Crippen molar-refractivity contribution >= 4 is 17.0 Å². The summed E-state index contributed by atoms with van der Waals surface area (Å²) in [6, 6.07) is 0.311. The predicted octanol–water partition coefficient (Wildman–Crippen LogP) is 0.734. The number of rotatable bonds is 3. The molecule has 2 N–H and O–H groups in total. The summed E-state index contributed by atoms with van der Waals surface area (Å²) >= 11 is 0. The van der Waals surface area contributed by atoms with Crippen molar-refractivity contribution in [2.75, 3.05) is 12.3 Å². The van der Waals surface area contributed by atoms with E-state index >= 15 is 0 Å². The zero-order chi connectivity index (χ0) is 10.8. The van der Waals surface area contributed by atoms with E-state index in [2.05, 4.69) is 15.0 Å². The van der Waals surface area contributed by atoms with Gasteiger partial charge in [0.1, 0.15) is 5.52 Å². The van der Waals surface area contributed by atoms with Crippen molar-refractivity contribution < 1.29 is 4.74 Å². The highest BCUT2D eigenvalue weighted by atomic mass is 16.5. The van der Waals surface area contributed by atoms with E-state index in [4.69, 9.17) is 10.5 Å². The summed E-state index contributed by atoms with van der Waals surface area (Å²) in [7, 11) is 1.85. The Bertz CT molecular complexity index is 479. The van der Waals surface area contributed by atoms with Gasteiger partial charge in [0.25, 0.3) is 0 Å². The molecule has 0 saturated carbocycles. The van der Waals surface area contributed by atoms with Crippen LogP contribution in [0.15, 0.2) is 6.33 Å². The summed E-state index contributed by atoms with van der Waals surface area (Å²) in [6.07, 6.45) is 2.56. The van der Waals surface area contributed by atoms with Crippen molar-refractivity contribution in [3.8, 4) is 6.01 Å². The number of nitrogen functional groups attached to an aromatic ring is 1. The number of nitrogens with zero attached hydrogens (tertiary/aromatic N) is 4. The number of nitrogens with two attached hydrogens (primary N) is 1. The second-order valence-corrected chi connectivity index (χ2v) is 3.27. The number of anilines is 1. The Kier molecular flexibility index (Phi) is 2.40.